The van der Waals surface area contributed by atoms with Gasteiger partial charge in [-0.3, -0.25) is 0 Å². The molecule has 2 nitrogen and oxygen atoms in total. The van der Waals surface area contributed by atoms with E-state index >= 15 is 0 Å². The lowest BCUT2D eigenvalue weighted by molar-refractivity contribution is 0.291. The zero-order valence-corrected chi connectivity index (χ0v) is 10.4. The highest BCUT2D eigenvalue weighted by Crippen LogP contribution is 2.20. The van der Waals surface area contributed by atoms with E-state index in [2.05, 4.69) is 6.07 Å². The molecular formula is C16H14FNO. The molecule has 0 spiro atoms. The van der Waals surface area contributed by atoms with Crippen LogP contribution in [0.5, 0.6) is 5.75 Å². The van der Waals surface area contributed by atoms with Crippen LogP contribution in [0.3, 0.4) is 0 Å². The SMILES string of the molecule is N#CC(CCOc1ccccc1F)c1ccccc1. The smallest absolute Gasteiger partial charge is 0.165 e. The molecule has 0 aromatic heterocycles. The third-order valence-electron chi connectivity index (χ3n) is 2.86. The fraction of sp³-hybridized carbons (Fsp3) is 0.188. The summed E-state index contributed by atoms with van der Waals surface area (Å²) in [7, 11) is 0. The van der Waals surface area contributed by atoms with Crippen molar-refractivity contribution in [2.24, 2.45) is 0 Å². The Hall–Kier alpha value is -2.34. The van der Waals surface area contributed by atoms with Crippen molar-refractivity contribution in [1.82, 2.24) is 0 Å². The first-order valence-corrected chi connectivity index (χ1v) is 6.13. The maximum atomic E-state index is 13.3. The van der Waals surface area contributed by atoms with E-state index in [0.29, 0.717) is 13.0 Å². The zero-order valence-electron chi connectivity index (χ0n) is 10.4. The molecule has 0 saturated heterocycles. The fourth-order valence-electron chi connectivity index (χ4n) is 1.84. The second-order valence-electron chi connectivity index (χ2n) is 4.16. The van der Waals surface area contributed by atoms with Crippen LogP contribution in [0.25, 0.3) is 0 Å². The minimum Gasteiger partial charge on any atom is -0.490 e. The van der Waals surface area contributed by atoms with Crippen LogP contribution in [0.4, 0.5) is 4.39 Å². The molecule has 96 valence electrons. The van der Waals surface area contributed by atoms with Crippen molar-refractivity contribution < 1.29 is 9.13 Å². The van der Waals surface area contributed by atoms with Gasteiger partial charge in [0.05, 0.1) is 18.6 Å². The Kier molecular flexibility index (Phi) is 4.52. The van der Waals surface area contributed by atoms with Crippen molar-refractivity contribution >= 4 is 0 Å². The molecule has 0 N–H and O–H groups in total. The molecule has 2 rings (SSSR count). The molecule has 0 aliphatic rings. The molecule has 19 heavy (non-hydrogen) atoms. The molecule has 2 aromatic rings. The van der Waals surface area contributed by atoms with Crippen LogP contribution in [0.2, 0.25) is 0 Å². The minimum absolute atomic E-state index is 0.229. The molecule has 2 aromatic carbocycles. The van der Waals surface area contributed by atoms with Crippen LogP contribution in [0.1, 0.15) is 17.9 Å². The zero-order chi connectivity index (χ0) is 13.5. The first-order chi connectivity index (χ1) is 9.31. The Morgan fingerprint density at radius 1 is 1.05 bits per heavy atom. The van der Waals surface area contributed by atoms with Gasteiger partial charge in [0.25, 0.3) is 0 Å². The van der Waals surface area contributed by atoms with Gasteiger partial charge >= 0.3 is 0 Å². The molecule has 0 aliphatic heterocycles. The lowest BCUT2D eigenvalue weighted by Crippen LogP contribution is -2.05. The van der Waals surface area contributed by atoms with Gasteiger partial charge in [-0.05, 0) is 17.7 Å². The number of nitrogens with zero attached hydrogens (tertiary/aromatic N) is 1. The second-order valence-corrected chi connectivity index (χ2v) is 4.16. The van der Waals surface area contributed by atoms with E-state index in [1.165, 1.54) is 6.07 Å². The van der Waals surface area contributed by atoms with Crippen molar-refractivity contribution in [3.8, 4) is 11.8 Å². The van der Waals surface area contributed by atoms with Gasteiger partial charge in [0.1, 0.15) is 0 Å². The predicted octanol–water partition coefficient (Wildman–Crippen LogP) is 3.90. The average molecular weight is 255 g/mol. The summed E-state index contributed by atoms with van der Waals surface area (Å²) in [5, 5.41) is 9.15. The summed E-state index contributed by atoms with van der Waals surface area (Å²) < 4.78 is 18.7. The first kappa shape index (κ1) is 13.1. The van der Waals surface area contributed by atoms with E-state index in [1.807, 2.05) is 30.3 Å². The quantitative estimate of drug-likeness (QED) is 0.811. The highest BCUT2D eigenvalue weighted by Gasteiger charge is 2.10. The molecule has 0 heterocycles. The Morgan fingerprint density at radius 3 is 2.42 bits per heavy atom. The average Bonchev–Trinajstić information content (AvgIpc) is 2.46. The maximum absolute atomic E-state index is 13.3. The van der Waals surface area contributed by atoms with E-state index in [-0.39, 0.29) is 17.5 Å². The topological polar surface area (TPSA) is 33.0 Å². The predicted molar refractivity (Wildman–Crippen MR) is 71.3 cm³/mol. The van der Waals surface area contributed by atoms with Crippen LogP contribution in [0, 0.1) is 17.1 Å². The van der Waals surface area contributed by atoms with E-state index in [0.717, 1.165) is 5.56 Å². The summed E-state index contributed by atoms with van der Waals surface area (Å²) in [5.74, 6) is -0.379. The van der Waals surface area contributed by atoms with Gasteiger partial charge in [0.15, 0.2) is 11.6 Å². The monoisotopic (exact) mass is 255 g/mol. The number of ether oxygens (including phenoxy) is 1. The summed E-state index contributed by atoms with van der Waals surface area (Å²) in [6, 6.07) is 18.1. The maximum Gasteiger partial charge on any atom is 0.165 e. The molecule has 0 bridgehead atoms. The number of halogens is 1. The van der Waals surface area contributed by atoms with E-state index in [9.17, 15) is 4.39 Å². The van der Waals surface area contributed by atoms with Crippen molar-refractivity contribution in [1.29, 1.82) is 5.26 Å². The van der Waals surface area contributed by atoms with Crippen LogP contribution < -0.4 is 4.74 Å². The second kappa shape index (κ2) is 6.55. The highest BCUT2D eigenvalue weighted by atomic mass is 19.1. The van der Waals surface area contributed by atoms with Gasteiger partial charge in [0.2, 0.25) is 0 Å². The van der Waals surface area contributed by atoms with Crippen LogP contribution >= 0.6 is 0 Å². The summed E-state index contributed by atoms with van der Waals surface area (Å²) in [4.78, 5) is 0. The van der Waals surface area contributed by atoms with Gasteiger partial charge in [-0.15, -0.1) is 0 Å². The third-order valence-corrected chi connectivity index (χ3v) is 2.86. The normalized spacial score (nSPS) is 11.6. The van der Waals surface area contributed by atoms with Gasteiger partial charge in [-0.1, -0.05) is 42.5 Å². The molecule has 0 amide bonds. The van der Waals surface area contributed by atoms with Crippen LogP contribution in [0.15, 0.2) is 54.6 Å². The minimum atomic E-state index is -0.379. The van der Waals surface area contributed by atoms with Gasteiger partial charge in [0, 0.05) is 6.42 Å². The van der Waals surface area contributed by atoms with Crippen molar-refractivity contribution in [3.05, 3.63) is 66.0 Å². The summed E-state index contributed by atoms with van der Waals surface area (Å²) in [6.45, 7) is 0.314. The molecular weight excluding hydrogens is 241 g/mol. The number of rotatable bonds is 5. The summed E-state index contributed by atoms with van der Waals surface area (Å²) in [5.41, 5.74) is 0.960. The number of hydrogen-bond acceptors (Lipinski definition) is 2. The Bertz CT molecular complexity index is 562. The summed E-state index contributed by atoms with van der Waals surface area (Å²) in [6.07, 6.45) is 0.537. The van der Waals surface area contributed by atoms with Crippen molar-refractivity contribution in [3.63, 3.8) is 0 Å². The van der Waals surface area contributed by atoms with Crippen LogP contribution in [-0.2, 0) is 0 Å². The summed E-state index contributed by atoms with van der Waals surface area (Å²) >= 11 is 0. The molecule has 0 radical (unpaired) electrons. The van der Waals surface area contributed by atoms with Crippen LogP contribution in [-0.4, -0.2) is 6.61 Å². The standard InChI is InChI=1S/C16H14FNO/c17-15-8-4-5-9-16(15)19-11-10-14(12-18)13-6-2-1-3-7-13/h1-9,14H,10-11H2. The number of hydrogen-bond donors (Lipinski definition) is 0. The lowest BCUT2D eigenvalue weighted by Gasteiger charge is -2.11. The van der Waals surface area contributed by atoms with Crippen molar-refractivity contribution in [2.75, 3.05) is 6.61 Å². The lowest BCUT2D eigenvalue weighted by atomic mass is 9.98. The molecule has 0 aliphatic carbocycles. The van der Waals surface area contributed by atoms with Gasteiger partial charge < -0.3 is 4.74 Å². The number of para-hydroxylation sites is 1. The number of nitriles is 1. The Balaban J connectivity index is 1.92. The van der Waals surface area contributed by atoms with E-state index in [1.54, 1.807) is 18.2 Å². The molecule has 0 saturated carbocycles. The molecule has 0 fully saturated rings. The van der Waals surface area contributed by atoms with Gasteiger partial charge in [-0.2, -0.15) is 5.26 Å². The molecule has 3 heteroatoms. The van der Waals surface area contributed by atoms with E-state index < -0.39 is 0 Å². The fourth-order valence-corrected chi connectivity index (χ4v) is 1.84. The number of benzene rings is 2. The Labute approximate surface area is 112 Å². The largest absolute Gasteiger partial charge is 0.490 e. The van der Waals surface area contributed by atoms with Crippen molar-refractivity contribution in [2.45, 2.75) is 12.3 Å². The Morgan fingerprint density at radius 2 is 1.74 bits per heavy atom. The highest BCUT2D eigenvalue weighted by molar-refractivity contribution is 5.25. The molecule has 1 atom stereocenters. The first-order valence-electron chi connectivity index (χ1n) is 6.13. The molecule has 1 unspecified atom stereocenters. The third kappa shape index (κ3) is 3.56. The van der Waals surface area contributed by atoms with Gasteiger partial charge in [-0.25, -0.2) is 4.39 Å². The van der Waals surface area contributed by atoms with E-state index in [4.69, 9.17) is 10.00 Å².